The monoisotopic (exact) mass is 406 g/mol. The highest BCUT2D eigenvalue weighted by Gasteiger charge is 2.50. The van der Waals surface area contributed by atoms with Crippen molar-refractivity contribution in [3.63, 3.8) is 0 Å². The van der Waals surface area contributed by atoms with E-state index in [4.69, 9.17) is 0 Å². The van der Waals surface area contributed by atoms with Gasteiger partial charge in [0, 0.05) is 0 Å². The average molecular weight is 407 g/mol. The van der Waals surface area contributed by atoms with Crippen LogP contribution in [0.15, 0.2) is 59.7 Å². The largest absolute Gasteiger partial charge is 0.508 e. The highest BCUT2D eigenvalue weighted by Crippen LogP contribution is 2.59. The van der Waals surface area contributed by atoms with Crippen molar-refractivity contribution in [3.05, 3.63) is 65.3 Å². The SMILES string of the molecule is C=C1CCC(O)CC1=CC=C1CCC[C@@]2(C)C1CC[C@@H]2C(C)Cc1cccc(O)c1. The van der Waals surface area contributed by atoms with Crippen LogP contribution in [0, 0.1) is 23.2 Å². The Labute approximate surface area is 182 Å². The van der Waals surface area contributed by atoms with E-state index in [9.17, 15) is 10.2 Å². The number of phenolic OH excluding ortho intramolecular Hbond substituents is 1. The molecule has 0 aliphatic heterocycles. The fourth-order valence-electron chi connectivity index (χ4n) is 6.81. The summed E-state index contributed by atoms with van der Waals surface area (Å²) in [5.41, 5.74) is 5.71. The number of benzene rings is 1. The summed E-state index contributed by atoms with van der Waals surface area (Å²) in [5, 5.41) is 19.9. The van der Waals surface area contributed by atoms with Gasteiger partial charge in [0.15, 0.2) is 0 Å². The molecule has 0 amide bonds. The molecule has 30 heavy (non-hydrogen) atoms. The van der Waals surface area contributed by atoms with Crippen molar-refractivity contribution >= 4 is 0 Å². The molecule has 5 atom stereocenters. The fraction of sp³-hybridized carbons (Fsp3) is 0.571. The van der Waals surface area contributed by atoms with Crippen LogP contribution in [-0.2, 0) is 6.42 Å². The summed E-state index contributed by atoms with van der Waals surface area (Å²) >= 11 is 0. The molecule has 2 heteroatoms. The number of aromatic hydroxyl groups is 1. The molecule has 0 saturated heterocycles. The van der Waals surface area contributed by atoms with Crippen LogP contribution in [0.25, 0.3) is 0 Å². The summed E-state index contributed by atoms with van der Waals surface area (Å²) in [6, 6.07) is 7.79. The summed E-state index contributed by atoms with van der Waals surface area (Å²) in [4.78, 5) is 0. The number of allylic oxidation sites excluding steroid dienone is 4. The van der Waals surface area contributed by atoms with Gasteiger partial charge in [-0.05, 0) is 104 Å². The van der Waals surface area contributed by atoms with Crippen LogP contribution >= 0.6 is 0 Å². The average Bonchev–Trinajstić information content (AvgIpc) is 3.06. The Bertz CT molecular complexity index is 848. The predicted octanol–water partition coefficient (Wildman–Crippen LogP) is 6.74. The second-order valence-corrected chi connectivity index (χ2v) is 10.4. The summed E-state index contributed by atoms with van der Waals surface area (Å²) in [6.07, 6.45) is 14.5. The number of hydrogen-bond donors (Lipinski definition) is 2. The Morgan fingerprint density at radius 2 is 2.03 bits per heavy atom. The zero-order valence-electron chi connectivity index (χ0n) is 18.7. The van der Waals surface area contributed by atoms with Crippen LogP contribution in [0.5, 0.6) is 5.75 Å². The minimum atomic E-state index is -0.203. The maximum absolute atomic E-state index is 10.0. The molecule has 1 aromatic rings. The topological polar surface area (TPSA) is 40.5 Å². The first-order chi connectivity index (χ1) is 14.4. The zero-order chi connectivity index (χ0) is 21.3. The minimum absolute atomic E-state index is 0.203. The molecule has 4 rings (SSSR count). The molecule has 1 aromatic carbocycles. The van der Waals surface area contributed by atoms with Crippen LogP contribution in [0.3, 0.4) is 0 Å². The Morgan fingerprint density at radius 3 is 2.83 bits per heavy atom. The number of rotatable bonds is 4. The van der Waals surface area contributed by atoms with E-state index < -0.39 is 0 Å². The quantitative estimate of drug-likeness (QED) is 0.581. The molecular weight excluding hydrogens is 368 g/mol. The van der Waals surface area contributed by atoms with E-state index in [1.54, 1.807) is 11.6 Å². The molecule has 3 unspecified atom stereocenters. The number of aliphatic hydroxyl groups excluding tert-OH is 1. The second-order valence-electron chi connectivity index (χ2n) is 10.4. The van der Waals surface area contributed by atoms with Crippen molar-refractivity contribution in [2.75, 3.05) is 0 Å². The van der Waals surface area contributed by atoms with Crippen LogP contribution in [0.2, 0.25) is 0 Å². The fourth-order valence-corrected chi connectivity index (χ4v) is 6.81. The lowest BCUT2D eigenvalue weighted by Crippen LogP contribution is -2.36. The van der Waals surface area contributed by atoms with Gasteiger partial charge in [0.2, 0.25) is 0 Å². The number of fused-ring (bicyclic) bond motifs is 1. The lowest BCUT2D eigenvalue weighted by Gasteiger charge is -2.44. The third kappa shape index (κ3) is 4.30. The molecule has 0 bridgehead atoms. The third-order valence-electron chi connectivity index (χ3n) is 8.38. The van der Waals surface area contributed by atoms with Gasteiger partial charge in [-0.1, -0.05) is 55.9 Å². The smallest absolute Gasteiger partial charge is 0.115 e. The van der Waals surface area contributed by atoms with Crippen LogP contribution in [-0.4, -0.2) is 16.3 Å². The van der Waals surface area contributed by atoms with E-state index in [2.05, 4.69) is 38.6 Å². The molecule has 3 aliphatic carbocycles. The van der Waals surface area contributed by atoms with Gasteiger partial charge in [0.1, 0.15) is 5.75 Å². The van der Waals surface area contributed by atoms with Gasteiger partial charge < -0.3 is 10.2 Å². The molecule has 162 valence electrons. The molecule has 3 saturated carbocycles. The van der Waals surface area contributed by atoms with E-state index in [1.807, 2.05) is 12.1 Å². The number of phenols is 1. The molecular formula is C28H38O2. The zero-order valence-corrected chi connectivity index (χ0v) is 18.7. The molecule has 2 nitrogen and oxygen atoms in total. The standard InChI is InChI=1S/C28H38O2/c1-19-9-12-25(30)18-23(19)11-10-22-7-5-15-28(3)26(13-14-27(22)28)20(2)16-21-6-4-8-24(29)17-21/h4,6,8,10-11,17,20,25-27,29-30H,1,5,7,9,12-16,18H2,2-3H3/t20?,25?,26-,27?,28-/m1/s1. The van der Waals surface area contributed by atoms with Crippen LogP contribution in [0.4, 0.5) is 0 Å². The lowest BCUT2D eigenvalue weighted by atomic mass is 9.60. The predicted molar refractivity (Wildman–Crippen MR) is 124 cm³/mol. The Morgan fingerprint density at radius 1 is 1.20 bits per heavy atom. The van der Waals surface area contributed by atoms with E-state index in [-0.39, 0.29) is 6.10 Å². The first kappa shape index (κ1) is 21.4. The van der Waals surface area contributed by atoms with Gasteiger partial charge >= 0.3 is 0 Å². The van der Waals surface area contributed by atoms with Gasteiger partial charge in [-0.3, -0.25) is 0 Å². The van der Waals surface area contributed by atoms with Crippen LogP contribution < -0.4 is 0 Å². The van der Waals surface area contributed by atoms with E-state index in [1.165, 1.54) is 48.8 Å². The van der Waals surface area contributed by atoms with Gasteiger partial charge in [-0.25, -0.2) is 0 Å². The Balaban J connectivity index is 1.51. The summed E-state index contributed by atoms with van der Waals surface area (Å²) in [5.74, 6) is 2.41. The molecule has 0 heterocycles. The van der Waals surface area contributed by atoms with E-state index in [0.717, 1.165) is 31.6 Å². The first-order valence-corrected chi connectivity index (χ1v) is 11.9. The van der Waals surface area contributed by atoms with Gasteiger partial charge in [-0.15, -0.1) is 0 Å². The minimum Gasteiger partial charge on any atom is -0.508 e. The molecule has 0 aromatic heterocycles. The third-order valence-corrected chi connectivity index (χ3v) is 8.38. The maximum atomic E-state index is 10.0. The van der Waals surface area contributed by atoms with Crippen LogP contribution in [0.1, 0.15) is 70.8 Å². The lowest BCUT2D eigenvalue weighted by molar-refractivity contribution is 0.0975. The normalized spacial score (nSPS) is 35.6. The summed E-state index contributed by atoms with van der Waals surface area (Å²) in [6.45, 7) is 9.18. The maximum Gasteiger partial charge on any atom is 0.115 e. The highest BCUT2D eigenvalue weighted by atomic mass is 16.3. The molecule has 0 radical (unpaired) electrons. The first-order valence-electron chi connectivity index (χ1n) is 11.9. The van der Waals surface area contributed by atoms with Crippen molar-refractivity contribution in [2.45, 2.75) is 77.7 Å². The Kier molecular flexibility index (Phi) is 6.25. The van der Waals surface area contributed by atoms with Gasteiger partial charge in [-0.2, -0.15) is 0 Å². The number of hydrogen-bond acceptors (Lipinski definition) is 2. The van der Waals surface area contributed by atoms with Crippen molar-refractivity contribution in [1.29, 1.82) is 0 Å². The van der Waals surface area contributed by atoms with Crippen molar-refractivity contribution in [3.8, 4) is 5.75 Å². The van der Waals surface area contributed by atoms with Crippen molar-refractivity contribution < 1.29 is 10.2 Å². The molecule has 0 spiro atoms. The number of aliphatic hydroxyl groups is 1. The molecule has 3 aliphatic rings. The van der Waals surface area contributed by atoms with Gasteiger partial charge in [0.05, 0.1) is 6.10 Å². The molecule has 2 N–H and O–H groups in total. The van der Waals surface area contributed by atoms with Crippen molar-refractivity contribution in [2.24, 2.45) is 23.2 Å². The molecule has 3 fully saturated rings. The second kappa shape index (κ2) is 8.75. The van der Waals surface area contributed by atoms with Crippen molar-refractivity contribution in [1.82, 2.24) is 0 Å². The summed E-state index contributed by atoms with van der Waals surface area (Å²) < 4.78 is 0. The van der Waals surface area contributed by atoms with E-state index >= 15 is 0 Å². The highest BCUT2D eigenvalue weighted by molar-refractivity contribution is 5.36. The summed E-state index contributed by atoms with van der Waals surface area (Å²) in [7, 11) is 0. The van der Waals surface area contributed by atoms with E-state index in [0.29, 0.717) is 23.0 Å². The Hall–Kier alpha value is -1.80. The van der Waals surface area contributed by atoms with Gasteiger partial charge in [0.25, 0.3) is 0 Å².